The lowest BCUT2D eigenvalue weighted by Crippen LogP contribution is -2.25. The summed E-state index contributed by atoms with van der Waals surface area (Å²) in [5.41, 5.74) is 0. The van der Waals surface area contributed by atoms with E-state index < -0.39 is 0 Å². The van der Waals surface area contributed by atoms with Crippen LogP contribution in [0.5, 0.6) is 0 Å². The summed E-state index contributed by atoms with van der Waals surface area (Å²) in [6.07, 6.45) is 1.47. The minimum Gasteiger partial charge on any atom is -0.362 e. The van der Waals surface area contributed by atoms with E-state index in [9.17, 15) is 4.79 Å². The van der Waals surface area contributed by atoms with E-state index in [1.165, 1.54) is 0 Å². The highest BCUT2D eigenvalue weighted by Crippen LogP contribution is 2.12. The van der Waals surface area contributed by atoms with Crippen LogP contribution in [0.2, 0.25) is 0 Å². The number of rotatable bonds is 5. The Balaban J connectivity index is 2.12. The van der Waals surface area contributed by atoms with E-state index in [1.807, 2.05) is 6.92 Å². The molecule has 1 atom stereocenters. The first-order valence-corrected chi connectivity index (χ1v) is 6.41. The molecule has 2 N–H and O–H groups in total. The Bertz CT molecular complexity index is 243. The fourth-order valence-electron chi connectivity index (χ4n) is 1.20. The molecule has 5 heteroatoms. The third kappa shape index (κ3) is 5.06. The number of amides is 1. The standard InChI is InChI=1S/C10H19N3OS/c1-3-5-11-9(14)4-6-12-10-13-8(2)7-15-10/h8H,3-7H2,1-2H3,(H,11,14)(H,12,13). The first-order chi connectivity index (χ1) is 7.22. The van der Waals surface area contributed by atoms with Gasteiger partial charge in [-0.15, -0.1) is 0 Å². The van der Waals surface area contributed by atoms with E-state index in [2.05, 4.69) is 22.5 Å². The van der Waals surface area contributed by atoms with E-state index in [1.54, 1.807) is 11.8 Å². The molecule has 0 aliphatic carbocycles. The first-order valence-electron chi connectivity index (χ1n) is 5.43. The molecule has 0 spiro atoms. The number of hydrogen-bond donors (Lipinski definition) is 2. The number of hydrogen-bond acceptors (Lipinski definition) is 3. The average Bonchev–Trinajstić information content (AvgIpc) is 2.61. The Labute approximate surface area is 95.3 Å². The highest BCUT2D eigenvalue weighted by atomic mass is 32.2. The van der Waals surface area contributed by atoms with E-state index in [0.717, 1.165) is 23.9 Å². The zero-order chi connectivity index (χ0) is 11.1. The fourth-order valence-corrected chi connectivity index (χ4v) is 2.16. The van der Waals surface area contributed by atoms with Crippen LogP contribution in [0, 0.1) is 0 Å². The van der Waals surface area contributed by atoms with Gasteiger partial charge in [-0.2, -0.15) is 0 Å². The van der Waals surface area contributed by atoms with Crippen molar-refractivity contribution in [2.45, 2.75) is 32.7 Å². The molecule has 1 rings (SSSR count). The maximum absolute atomic E-state index is 11.2. The van der Waals surface area contributed by atoms with E-state index in [-0.39, 0.29) is 5.91 Å². The molecule has 0 bridgehead atoms. The van der Waals surface area contributed by atoms with Crippen LogP contribution < -0.4 is 10.6 Å². The summed E-state index contributed by atoms with van der Waals surface area (Å²) in [5, 5.41) is 7.06. The van der Waals surface area contributed by atoms with Gasteiger partial charge in [-0.1, -0.05) is 18.7 Å². The van der Waals surface area contributed by atoms with Crippen LogP contribution in [-0.2, 0) is 4.79 Å². The van der Waals surface area contributed by atoms with Crippen molar-refractivity contribution in [1.29, 1.82) is 0 Å². The number of nitrogens with one attached hydrogen (secondary N) is 2. The quantitative estimate of drug-likeness (QED) is 0.739. The van der Waals surface area contributed by atoms with Crippen molar-refractivity contribution in [3.8, 4) is 0 Å². The SMILES string of the molecule is CCCNC(=O)CCN=C1NC(C)CS1. The molecular weight excluding hydrogens is 210 g/mol. The molecule has 1 fully saturated rings. The van der Waals surface area contributed by atoms with Gasteiger partial charge in [0.05, 0.1) is 6.54 Å². The second kappa shape index (κ2) is 6.71. The van der Waals surface area contributed by atoms with Gasteiger partial charge >= 0.3 is 0 Å². The van der Waals surface area contributed by atoms with Crippen LogP contribution >= 0.6 is 11.8 Å². The van der Waals surface area contributed by atoms with Gasteiger partial charge in [-0.25, -0.2) is 0 Å². The number of carbonyl (C=O) groups is 1. The molecule has 1 amide bonds. The zero-order valence-corrected chi connectivity index (χ0v) is 10.2. The van der Waals surface area contributed by atoms with E-state index in [0.29, 0.717) is 19.0 Å². The monoisotopic (exact) mass is 229 g/mol. The number of amidine groups is 1. The average molecular weight is 229 g/mol. The maximum Gasteiger partial charge on any atom is 0.221 e. The topological polar surface area (TPSA) is 53.5 Å². The van der Waals surface area contributed by atoms with Gasteiger partial charge in [0.1, 0.15) is 0 Å². The molecule has 1 heterocycles. The number of nitrogens with zero attached hydrogens (tertiary/aromatic N) is 1. The van der Waals surface area contributed by atoms with Gasteiger partial charge in [0.15, 0.2) is 5.17 Å². The van der Waals surface area contributed by atoms with Gasteiger partial charge in [-0.05, 0) is 13.3 Å². The Morgan fingerprint density at radius 1 is 1.73 bits per heavy atom. The third-order valence-corrected chi connectivity index (χ3v) is 3.19. The summed E-state index contributed by atoms with van der Waals surface area (Å²) < 4.78 is 0. The van der Waals surface area contributed by atoms with E-state index >= 15 is 0 Å². The molecule has 0 saturated carbocycles. The fraction of sp³-hybridized carbons (Fsp3) is 0.800. The van der Waals surface area contributed by atoms with Crippen molar-refractivity contribution in [3.05, 3.63) is 0 Å². The predicted octanol–water partition coefficient (Wildman–Crippen LogP) is 0.984. The molecule has 0 aromatic carbocycles. The smallest absolute Gasteiger partial charge is 0.221 e. The van der Waals surface area contributed by atoms with Crippen LogP contribution in [0.25, 0.3) is 0 Å². The van der Waals surface area contributed by atoms with Crippen molar-refractivity contribution < 1.29 is 4.79 Å². The molecule has 1 aliphatic heterocycles. The summed E-state index contributed by atoms with van der Waals surface area (Å²) in [7, 11) is 0. The van der Waals surface area contributed by atoms with Gasteiger partial charge in [0, 0.05) is 24.8 Å². The normalized spacial score (nSPS) is 22.8. The van der Waals surface area contributed by atoms with Crippen LogP contribution in [0.3, 0.4) is 0 Å². The van der Waals surface area contributed by atoms with Crippen molar-refractivity contribution in [3.63, 3.8) is 0 Å². The van der Waals surface area contributed by atoms with Crippen molar-refractivity contribution in [2.75, 3.05) is 18.8 Å². The van der Waals surface area contributed by atoms with Crippen molar-refractivity contribution >= 4 is 22.8 Å². The molecule has 4 nitrogen and oxygen atoms in total. The largest absolute Gasteiger partial charge is 0.362 e. The predicted molar refractivity (Wildman–Crippen MR) is 65.3 cm³/mol. The molecule has 1 saturated heterocycles. The van der Waals surface area contributed by atoms with Crippen LogP contribution in [0.15, 0.2) is 4.99 Å². The molecule has 15 heavy (non-hydrogen) atoms. The summed E-state index contributed by atoms with van der Waals surface area (Å²) in [6, 6.07) is 0.502. The molecule has 0 radical (unpaired) electrons. The zero-order valence-electron chi connectivity index (χ0n) is 9.38. The van der Waals surface area contributed by atoms with Crippen molar-refractivity contribution in [2.24, 2.45) is 4.99 Å². The lowest BCUT2D eigenvalue weighted by molar-refractivity contribution is -0.120. The summed E-state index contributed by atoms with van der Waals surface area (Å²) >= 11 is 1.73. The van der Waals surface area contributed by atoms with Gasteiger partial charge in [-0.3, -0.25) is 9.79 Å². The third-order valence-electron chi connectivity index (χ3n) is 2.01. The lowest BCUT2D eigenvalue weighted by atomic mass is 10.4. The second-order valence-corrected chi connectivity index (χ2v) is 4.65. The molecule has 86 valence electrons. The minimum absolute atomic E-state index is 0.0947. The van der Waals surface area contributed by atoms with Crippen LogP contribution in [0.4, 0.5) is 0 Å². The Morgan fingerprint density at radius 2 is 2.53 bits per heavy atom. The van der Waals surface area contributed by atoms with Crippen LogP contribution in [0.1, 0.15) is 26.7 Å². The minimum atomic E-state index is 0.0947. The number of thioether (sulfide) groups is 1. The highest BCUT2D eigenvalue weighted by molar-refractivity contribution is 8.14. The Kier molecular flexibility index (Phi) is 5.53. The van der Waals surface area contributed by atoms with Gasteiger partial charge < -0.3 is 10.6 Å². The van der Waals surface area contributed by atoms with E-state index in [4.69, 9.17) is 0 Å². The molecule has 0 aromatic rings. The summed E-state index contributed by atoms with van der Waals surface area (Å²) in [4.78, 5) is 15.6. The second-order valence-electron chi connectivity index (χ2n) is 3.64. The molecule has 1 unspecified atom stereocenters. The highest BCUT2D eigenvalue weighted by Gasteiger charge is 2.14. The molecule has 0 aromatic heterocycles. The molecule has 1 aliphatic rings. The van der Waals surface area contributed by atoms with Gasteiger partial charge in [0.25, 0.3) is 0 Å². The lowest BCUT2D eigenvalue weighted by Gasteiger charge is -2.02. The number of aliphatic imine (C=N–C) groups is 1. The summed E-state index contributed by atoms with van der Waals surface area (Å²) in [5.74, 6) is 1.16. The maximum atomic E-state index is 11.2. The van der Waals surface area contributed by atoms with Crippen LogP contribution in [-0.4, -0.2) is 36.0 Å². The molecular formula is C10H19N3OS. The Hall–Kier alpha value is -0.710. The summed E-state index contributed by atoms with van der Waals surface area (Å²) in [6.45, 7) is 5.52. The first kappa shape index (κ1) is 12.4. The van der Waals surface area contributed by atoms with Gasteiger partial charge in [0.2, 0.25) is 5.91 Å². The number of carbonyl (C=O) groups excluding carboxylic acids is 1. The van der Waals surface area contributed by atoms with Crippen molar-refractivity contribution in [1.82, 2.24) is 10.6 Å². The Morgan fingerprint density at radius 3 is 3.13 bits per heavy atom.